The highest BCUT2D eigenvalue weighted by atomic mass is 19.1. The van der Waals surface area contributed by atoms with E-state index in [9.17, 15) is 14.0 Å². The molecule has 100 valence electrons. The maximum absolute atomic E-state index is 13.8. The number of hydrogen-bond donors (Lipinski definition) is 1. The van der Waals surface area contributed by atoms with E-state index in [0.29, 0.717) is 0 Å². The second-order valence-electron chi connectivity index (χ2n) is 5.52. The van der Waals surface area contributed by atoms with Gasteiger partial charge in [-0.15, -0.1) is 0 Å². The quantitative estimate of drug-likeness (QED) is 0.771. The van der Waals surface area contributed by atoms with Crippen molar-refractivity contribution in [1.29, 1.82) is 0 Å². The summed E-state index contributed by atoms with van der Waals surface area (Å²) >= 11 is 0. The number of hydrogen-bond acceptors (Lipinski definition) is 3. The molecule has 0 aromatic heterocycles. The number of amides is 1. The summed E-state index contributed by atoms with van der Waals surface area (Å²) in [6.07, 6.45) is -0.263. The van der Waals surface area contributed by atoms with Crippen LogP contribution in [-0.2, 0) is 14.3 Å². The van der Waals surface area contributed by atoms with Crippen LogP contribution in [0.3, 0.4) is 0 Å². The number of nitrogens with one attached hydrogen (secondary N) is 1. The minimum Gasteiger partial charge on any atom is -0.460 e. The molecule has 0 aromatic rings. The van der Waals surface area contributed by atoms with Crippen LogP contribution in [-0.4, -0.2) is 30.2 Å². The van der Waals surface area contributed by atoms with Gasteiger partial charge in [0.05, 0.1) is 12.3 Å². The zero-order valence-electron chi connectivity index (χ0n) is 11.4. The fourth-order valence-corrected chi connectivity index (χ4v) is 1.37. The van der Waals surface area contributed by atoms with Crippen molar-refractivity contribution in [2.24, 2.45) is 5.92 Å². The summed E-state index contributed by atoms with van der Waals surface area (Å²) < 4.78 is 18.9. The largest absolute Gasteiger partial charge is 0.460 e. The van der Waals surface area contributed by atoms with Crippen molar-refractivity contribution in [2.75, 3.05) is 7.05 Å². The van der Waals surface area contributed by atoms with Gasteiger partial charge in [-0.1, -0.05) is 0 Å². The molecule has 4 nitrogen and oxygen atoms in total. The average molecular weight is 247 g/mol. The zero-order chi connectivity index (χ0) is 13.9. The Bertz CT molecular complexity index is 289. The lowest BCUT2D eigenvalue weighted by Gasteiger charge is -2.26. The highest BCUT2D eigenvalue weighted by molar-refractivity contribution is 5.84. The molecule has 1 amide bonds. The highest BCUT2D eigenvalue weighted by Gasteiger charge is 2.37. The standard InChI is InChI=1S/C12H22FNO3/c1-11(2,3)17-9(15)7-8(10(16)14-6)12(4,5)13/h8H,7H2,1-6H3,(H,14,16). The van der Waals surface area contributed by atoms with Crippen LogP contribution in [0, 0.1) is 5.92 Å². The van der Waals surface area contributed by atoms with Gasteiger partial charge >= 0.3 is 5.97 Å². The van der Waals surface area contributed by atoms with Gasteiger partial charge < -0.3 is 10.1 Å². The van der Waals surface area contributed by atoms with Crippen LogP contribution in [0.5, 0.6) is 0 Å². The van der Waals surface area contributed by atoms with Crippen LogP contribution in [0.15, 0.2) is 0 Å². The van der Waals surface area contributed by atoms with Crippen molar-refractivity contribution in [3.8, 4) is 0 Å². The van der Waals surface area contributed by atoms with E-state index in [4.69, 9.17) is 4.74 Å². The monoisotopic (exact) mass is 247 g/mol. The van der Waals surface area contributed by atoms with Crippen LogP contribution in [0.4, 0.5) is 4.39 Å². The summed E-state index contributed by atoms with van der Waals surface area (Å²) in [7, 11) is 1.41. The first-order valence-corrected chi connectivity index (χ1v) is 5.59. The van der Waals surface area contributed by atoms with Crippen LogP contribution >= 0.6 is 0 Å². The molecule has 0 bridgehead atoms. The fraction of sp³-hybridized carbons (Fsp3) is 0.833. The number of esters is 1. The molecule has 1 atom stereocenters. The summed E-state index contributed by atoms with van der Waals surface area (Å²) in [5, 5.41) is 2.35. The molecule has 0 saturated carbocycles. The summed E-state index contributed by atoms with van der Waals surface area (Å²) in [5.41, 5.74) is -2.40. The smallest absolute Gasteiger partial charge is 0.307 e. The molecule has 17 heavy (non-hydrogen) atoms. The van der Waals surface area contributed by atoms with E-state index < -0.39 is 29.1 Å². The second kappa shape index (κ2) is 5.47. The number of alkyl halides is 1. The third-order valence-electron chi connectivity index (χ3n) is 2.18. The van der Waals surface area contributed by atoms with Gasteiger partial charge in [-0.05, 0) is 34.6 Å². The Hall–Kier alpha value is -1.13. The SMILES string of the molecule is CNC(=O)C(CC(=O)OC(C)(C)C)C(C)(C)F. The van der Waals surface area contributed by atoms with Gasteiger partial charge in [0.15, 0.2) is 0 Å². The van der Waals surface area contributed by atoms with E-state index in [1.807, 2.05) is 0 Å². The summed E-state index contributed by atoms with van der Waals surface area (Å²) in [6.45, 7) is 7.72. The molecule has 1 unspecified atom stereocenters. The van der Waals surface area contributed by atoms with Crippen molar-refractivity contribution in [3.05, 3.63) is 0 Å². The molecule has 0 spiro atoms. The van der Waals surface area contributed by atoms with Crippen molar-refractivity contribution < 1.29 is 18.7 Å². The van der Waals surface area contributed by atoms with Gasteiger partial charge in [-0.3, -0.25) is 9.59 Å². The molecule has 1 N–H and O–H groups in total. The number of rotatable bonds is 4. The maximum Gasteiger partial charge on any atom is 0.307 e. The van der Waals surface area contributed by atoms with Crippen LogP contribution in [0.1, 0.15) is 41.0 Å². The van der Waals surface area contributed by atoms with E-state index in [2.05, 4.69) is 5.32 Å². The molecule has 0 heterocycles. The number of ether oxygens (including phenoxy) is 1. The molecular weight excluding hydrogens is 225 g/mol. The number of carbonyl (C=O) groups excluding carboxylic acids is 2. The lowest BCUT2D eigenvalue weighted by Crippen LogP contribution is -2.41. The molecule has 0 radical (unpaired) electrons. The van der Waals surface area contributed by atoms with E-state index in [0.717, 1.165) is 0 Å². The molecule has 0 aliphatic rings. The third-order valence-corrected chi connectivity index (χ3v) is 2.18. The highest BCUT2D eigenvalue weighted by Crippen LogP contribution is 2.26. The molecule has 0 aliphatic heterocycles. The van der Waals surface area contributed by atoms with Crippen molar-refractivity contribution in [1.82, 2.24) is 5.32 Å². The van der Waals surface area contributed by atoms with Crippen LogP contribution in [0.2, 0.25) is 0 Å². The van der Waals surface area contributed by atoms with Crippen molar-refractivity contribution in [2.45, 2.75) is 52.3 Å². The molecular formula is C12H22FNO3. The van der Waals surface area contributed by atoms with E-state index in [1.165, 1.54) is 20.9 Å². The summed E-state index contributed by atoms with van der Waals surface area (Å²) in [5.74, 6) is -2.11. The first kappa shape index (κ1) is 15.9. The maximum atomic E-state index is 13.8. The predicted molar refractivity (Wildman–Crippen MR) is 63.2 cm³/mol. The number of halogens is 1. The van der Waals surface area contributed by atoms with E-state index >= 15 is 0 Å². The normalized spacial score (nSPS) is 14.1. The minimum absolute atomic E-state index is 0.263. The third kappa shape index (κ3) is 6.24. The van der Waals surface area contributed by atoms with Crippen LogP contribution < -0.4 is 5.32 Å². The Morgan fingerprint density at radius 3 is 2.00 bits per heavy atom. The molecule has 0 saturated heterocycles. The lowest BCUT2D eigenvalue weighted by atomic mass is 9.89. The van der Waals surface area contributed by atoms with Gasteiger partial charge in [-0.25, -0.2) is 4.39 Å². The molecule has 0 aromatic carbocycles. The fourth-order valence-electron chi connectivity index (χ4n) is 1.37. The summed E-state index contributed by atoms with van der Waals surface area (Å²) in [4.78, 5) is 23.1. The zero-order valence-corrected chi connectivity index (χ0v) is 11.4. The molecule has 0 aliphatic carbocycles. The van der Waals surface area contributed by atoms with Gasteiger partial charge in [0.25, 0.3) is 0 Å². The van der Waals surface area contributed by atoms with Gasteiger partial charge in [0.2, 0.25) is 5.91 Å². The van der Waals surface area contributed by atoms with Gasteiger partial charge in [-0.2, -0.15) is 0 Å². The van der Waals surface area contributed by atoms with Crippen LogP contribution in [0.25, 0.3) is 0 Å². The topological polar surface area (TPSA) is 55.4 Å². The number of carbonyl (C=O) groups is 2. The van der Waals surface area contributed by atoms with E-state index in [1.54, 1.807) is 20.8 Å². The Balaban J connectivity index is 4.67. The Labute approximate surface area is 102 Å². The Morgan fingerprint density at radius 1 is 1.24 bits per heavy atom. The predicted octanol–water partition coefficient (Wildman–Crippen LogP) is 1.83. The minimum atomic E-state index is -1.77. The average Bonchev–Trinajstić information content (AvgIpc) is 2.08. The lowest BCUT2D eigenvalue weighted by molar-refractivity contribution is -0.159. The first-order chi connectivity index (χ1) is 7.47. The first-order valence-electron chi connectivity index (χ1n) is 5.59. The van der Waals surface area contributed by atoms with E-state index in [-0.39, 0.29) is 6.42 Å². The van der Waals surface area contributed by atoms with Gasteiger partial charge in [0, 0.05) is 7.05 Å². The summed E-state index contributed by atoms with van der Waals surface area (Å²) in [6, 6.07) is 0. The Kier molecular flexibility index (Phi) is 5.11. The van der Waals surface area contributed by atoms with Crippen molar-refractivity contribution >= 4 is 11.9 Å². The van der Waals surface area contributed by atoms with Crippen molar-refractivity contribution in [3.63, 3.8) is 0 Å². The molecule has 0 fully saturated rings. The van der Waals surface area contributed by atoms with Gasteiger partial charge in [0.1, 0.15) is 11.3 Å². The molecule has 5 heteroatoms. The Morgan fingerprint density at radius 2 is 1.71 bits per heavy atom. The second-order valence-corrected chi connectivity index (χ2v) is 5.52. The molecule has 0 rings (SSSR count).